The highest BCUT2D eigenvalue weighted by atomic mass is 16.3. The van der Waals surface area contributed by atoms with Gasteiger partial charge in [0.25, 0.3) is 0 Å². The molecular weight excluding hydrogens is 246 g/mol. The molecule has 0 bridgehead atoms. The van der Waals surface area contributed by atoms with Gasteiger partial charge >= 0.3 is 6.03 Å². The molecule has 2 rings (SSSR count). The number of aliphatic hydroxyl groups excluding tert-OH is 1. The molecule has 0 saturated heterocycles. The summed E-state index contributed by atoms with van der Waals surface area (Å²) in [5.74, 6) is -0.329. The highest BCUT2D eigenvalue weighted by Crippen LogP contribution is 2.33. The van der Waals surface area contributed by atoms with Gasteiger partial charge in [0.05, 0.1) is 12.6 Å². The number of aliphatic hydroxyl groups is 1. The number of nitrogens with zero attached hydrogens (tertiary/aromatic N) is 1. The highest BCUT2D eigenvalue weighted by Gasteiger charge is 2.34. The van der Waals surface area contributed by atoms with Crippen LogP contribution in [-0.2, 0) is 11.3 Å². The van der Waals surface area contributed by atoms with Crippen molar-refractivity contribution in [3.63, 3.8) is 0 Å². The molecule has 0 radical (unpaired) electrons. The first-order valence-corrected chi connectivity index (χ1v) is 6.09. The number of hydrogen-bond acceptors (Lipinski definition) is 3. The minimum absolute atomic E-state index is 0.0765. The number of urea groups is 1. The zero-order chi connectivity index (χ0) is 14.0. The van der Waals surface area contributed by atoms with Gasteiger partial charge in [-0.15, -0.1) is 0 Å². The number of benzene rings is 1. The first-order valence-electron chi connectivity index (χ1n) is 6.09. The van der Waals surface area contributed by atoms with E-state index in [0.717, 1.165) is 11.1 Å². The summed E-state index contributed by atoms with van der Waals surface area (Å²) in [6, 6.07) is 5.90. The molecule has 19 heavy (non-hydrogen) atoms. The Morgan fingerprint density at radius 3 is 2.79 bits per heavy atom. The smallest absolute Gasteiger partial charge is 0.312 e. The second-order valence-corrected chi connectivity index (χ2v) is 4.58. The first-order chi connectivity index (χ1) is 9.04. The molecule has 0 saturated carbocycles. The van der Waals surface area contributed by atoms with Crippen LogP contribution in [0, 0.1) is 0 Å². The van der Waals surface area contributed by atoms with Crippen molar-refractivity contribution in [3.8, 4) is 0 Å². The zero-order valence-corrected chi connectivity index (χ0v) is 10.7. The lowest BCUT2D eigenvalue weighted by Gasteiger charge is -2.26. The predicted molar refractivity (Wildman–Crippen MR) is 69.0 cm³/mol. The molecule has 102 valence electrons. The van der Waals surface area contributed by atoms with Crippen LogP contribution < -0.4 is 11.1 Å². The van der Waals surface area contributed by atoms with E-state index in [1.807, 2.05) is 31.2 Å². The van der Waals surface area contributed by atoms with Gasteiger partial charge in [-0.2, -0.15) is 0 Å². The van der Waals surface area contributed by atoms with Gasteiger partial charge in [-0.1, -0.05) is 24.3 Å². The number of nitrogens with one attached hydrogen (secondary N) is 1. The van der Waals surface area contributed by atoms with Crippen molar-refractivity contribution < 1.29 is 14.7 Å². The molecule has 1 aromatic carbocycles. The molecule has 0 aliphatic carbocycles. The van der Waals surface area contributed by atoms with E-state index in [1.165, 1.54) is 0 Å². The molecule has 2 unspecified atom stereocenters. The van der Waals surface area contributed by atoms with E-state index in [2.05, 4.69) is 5.32 Å². The summed E-state index contributed by atoms with van der Waals surface area (Å²) in [5, 5.41) is 11.4. The fourth-order valence-corrected chi connectivity index (χ4v) is 2.40. The molecule has 0 aromatic heterocycles. The third-order valence-electron chi connectivity index (χ3n) is 3.39. The molecular formula is C13H17N3O3. The minimum Gasteiger partial charge on any atom is -0.394 e. The van der Waals surface area contributed by atoms with Crippen LogP contribution in [0.5, 0.6) is 0 Å². The monoisotopic (exact) mass is 263 g/mol. The van der Waals surface area contributed by atoms with Crippen LogP contribution in [0.4, 0.5) is 4.79 Å². The van der Waals surface area contributed by atoms with Crippen LogP contribution >= 0.6 is 0 Å². The Hall–Kier alpha value is -2.08. The fourth-order valence-electron chi connectivity index (χ4n) is 2.40. The minimum atomic E-state index is -0.991. The Morgan fingerprint density at radius 2 is 2.21 bits per heavy atom. The quantitative estimate of drug-likeness (QED) is 0.722. The molecule has 0 spiro atoms. The average Bonchev–Trinajstić information content (AvgIpc) is 2.73. The van der Waals surface area contributed by atoms with Crippen LogP contribution in [0.25, 0.3) is 0 Å². The lowest BCUT2D eigenvalue weighted by atomic mass is 10.1. The Bertz CT molecular complexity index is 504. The topological polar surface area (TPSA) is 95.7 Å². The van der Waals surface area contributed by atoms with Crippen LogP contribution in [-0.4, -0.2) is 34.6 Å². The molecule has 2 atom stereocenters. The van der Waals surface area contributed by atoms with E-state index in [0.29, 0.717) is 6.54 Å². The van der Waals surface area contributed by atoms with Crippen molar-refractivity contribution in [1.29, 1.82) is 0 Å². The Morgan fingerprint density at radius 1 is 1.53 bits per heavy atom. The number of primary amides is 1. The number of carbonyl (C=O) groups is 2. The van der Waals surface area contributed by atoms with E-state index in [1.54, 1.807) is 4.90 Å². The van der Waals surface area contributed by atoms with Crippen LogP contribution in [0.3, 0.4) is 0 Å². The molecule has 6 nitrogen and oxygen atoms in total. The molecule has 0 fully saturated rings. The number of amides is 3. The zero-order valence-electron chi connectivity index (χ0n) is 10.7. The Labute approximate surface area is 111 Å². The number of rotatable bonds is 3. The average molecular weight is 263 g/mol. The second kappa shape index (κ2) is 5.27. The summed E-state index contributed by atoms with van der Waals surface area (Å²) in [4.78, 5) is 24.7. The second-order valence-electron chi connectivity index (χ2n) is 4.58. The summed E-state index contributed by atoms with van der Waals surface area (Å²) in [7, 11) is 0. The summed E-state index contributed by atoms with van der Waals surface area (Å²) < 4.78 is 0. The largest absolute Gasteiger partial charge is 0.394 e. The third kappa shape index (κ3) is 2.53. The van der Waals surface area contributed by atoms with E-state index >= 15 is 0 Å². The van der Waals surface area contributed by atoms with Gasteiger partial charge in [-0.25, -0.2) is 4.79 Å². The van der Waals surface area contributed by atoms with E-state index in [-0.39, 0.29) is 11.9 Å². The maximum Gasteiger partial charge on any atom is 0.312 e. The van der Waals surface area contributed by atoms with Crippen LogP contribution in [0.2, 0.25) is 0 Å². The molecule has 1 aliphatic rings. The van der Waals surface area contributed by atoms with Gasteiger partial charge in [0, 0.05) is 6.54 Å². The Kier molecular flexibility index (Phi) is 3.71. The normalized spacial score (nSPS) is 18.8. The maximum absolute atomic E-state index is 12.3. The van der Waals surface area contributed by atoms with Gasteiger partial charge in [-0.3, -0.25) is 4.79 Å². The molecule has 1 aliphatic heterocycles. The lowest BCUT2D eigenvalue weighted by molar-refractivity contribution is -0.136. The summed E-state index contributed by atoms with van der Waals surface area (Å²) >= 11 is 0. The van der Waals surface area contributed by atoms with E-state index in [9.17, 15) is 14.7 Å². The lowest BCUT2D eigenvalue weighted by Crippen LogP contribution is -2.51. The standard InChI is InChI=1S/C13H17N3O3/c1-8-10-5-3-2-4-9(10)6-16(8)12(18)11(7-17)15-13(14)19/h2-5,8,11,17H,6-7H2,1H3,(H3,14,15,19). The van der Waals surface area contributed by atoms with Crippen molar-refractivity contribution in [1.82, 2.24) is 10.2 Å². The first kappa shape index (κ1) is 13.4. The molecule has 6 heteroatoms. The van der Waals surface area contributed by atoms with Gasteiger partial charge in [0.1, 0.15) is 6.04 Å². The summed E-state index contributed by atoms with van der Waals surface area (Å²) in [5.41, 5.74) is 7.16. The maximum atomic E-state index is 12.3. The number of carbonyl (C=O) groups excluding carboxylic acids is 2. The van der Waals surface area contributed by atoms with Crippen LogP contribution in [0.15, 0.2) is 24.3 Å². The van der Waals surface area contributed by atoms with E-state index < -0.39 is 18.7 Å². The van der Waals surface area contributed by atoms with Gasteiger partial charge in [0.15, 0.2) is 0 Å². The van der Waals surface area contributed by atoms with Gasteiger partial charge in [0.2, 0.25) is 5.91 Å². The molecule has 1 heterocycles. The van der Waals surface area contributed by atoms with Crippen molar-refractivity contribution in [3.05, 3.63) is 35.4 Å². The van der Waals surface area contributed by atoms with Crippen LogP contribution in [0.1, 0.15) is 24.1 Å². The molecule has 3 amide bonds. The summed E-state index contributed by atoms with van der Waals surface area (Å²) in [6.45, 7) is 1.93. The van der Waals surface area contributed by atoms with Gasteiger partial charge in [-0.05, 0) is 18.1 Å². The van der Waals surface area contributed by atoms with Gasteiger partial charge < -0.3 is 21.1 Å². The Balaban J connectivity index is 2.16. The predicted octanol–water partition coefficient (Wildman–Crippen LogP) is 0.119. The molecule has 4 N–H and O–H groups in total. The van der Waals surface area contributed by atoms with E-state index in [4.69, 9.17) is 5.73 Å². The number of hydrogen-bond donors (Lipinski definition) is 3. The highest BCUT2D eigenvalue weighted by molar-refractivity contribution is 5.87. The summed E-state index contributed by atoms with van der Waals surface area (Å²) in [6.07, 6.45) is 0. The fraction of sp³-hybridized carbons (Fsp3) is 0.385. The molecule has 1 aromatic rings. The number of nitrogens with two attached hydrogens (primary N) is 1. The number of fused-ring (bicyclic) bond motifs is 1. The van der Waals surface area contributed by atoms with Crippen molar-refractivity contribution in [2.75, 3.05) is 6.61 Å². The van der Waals surface area contributed by atoms with Crippen molar-refractivity contribution >= 4 is 11.9 Å². The van der Waals surface area contributed by atoms with Crippen molar-refractivity contribution in [2.45, 2.75) is 25.6 Å². The third-order valence-corrected chi connectivity index (χ3v) is 3.39. The van der Waals surface area contributed by atoms with Crippen molar-refractivity contribution in [2.24, 2.45) is 5.73 Å². The SMILES string of the molecule is CC1c2ccccc2CN1C(=O)C(CO)NC(N)=O.